The Bertz CT molecular complexity index is 651. The van der Waals surface area contributed by atoms with E-state index in [0.29, 0.717) is 15.9 Å². The number of benzene rings is 1. The Morgan fingerprint density at radius 3 is 3.00 bits per heavy atom. The van der Waals surface area contributed by atoms with E-state index in [1.165, 1.54) is 16.4 Å². The molecule has 0 N–H and O–H groups in total. The molecule has 1 aromatic carbocycles. The molecule has 0 bridgehead atoms. The normalized spacial score (nSPS) is 12.1. The predicted molar refractivity (Wildman–Crippen MR) is 73.5 cm³/mol. The van der Waals surface area contributed by atoms with Crippen LogP contribution in [0.15, 0.2) is 44.4 Å². The standard InChI is InChI=1S/C11H7BrCl2N2O/c12-7-1-2-9-10(3-7)15-6-16(11(9)17)5-8(14)4-13/h1-4,6H,5H2/b8-4+. The van der Waals surface area contributed by atoms with Crippen molar-refractivity contribution in [3.05, 3.63) is 49.9 Å². The fraction of sp³-hybridized carbons (Fsp3) is 0.0909. The maximum Gasteiger partial charge on any atom is 0.261 e. The molecule has 0 aliphatic heterocycles. The minimum absolute atomic E-state index is 0.140. The van der Waals surface area contributed by atoms with Gasteiger partial charge in [-0.25, -0.2) is 4.98 Å². The summed E-state index contributed by atoms with van der Waals surface area (Å²) in [6.45, 7) is 0.225. The van der Waals surface area contributed by atoms with Crippen molar-refractivity contribution < 1.29 is 0 Å². The summed E-state index contributed by atoms with van der Waals surface area (Å²) in [5.41, 5.74) is 1.74. The number of halogens is 3. The second-order valence-corrected chi connectivity index (χ2v) is 5.01. The molecule has 0 radical (unpaired) electrons. The lowest BCUT2D eigenvalue weighted by molar-refractivity contribution is 0.759. The highest BCUT2D eigenvalue weighted by Gasteiger charge is 2.05. The zero-order valence-corrected chi connectivity index (χ0v) is 11.6. The van der Waals surface area contributed by atoms with Gasteiger partial charge in [-0.1, -0.05) is 39.1 Å². The smallest absolute Gasteiger partial charge is 0.261 e. The van der Waals surface area contributed by atoms with Crippen molar-refractivity contribution in [3.63, 3.8) is 0 Å². The van der Waals surface area contributed by atoms with Gasteiger partial charge in [-0.05, 0) is 18.2 Å². The Morgan fingerprint density at radius 2 is 2.29 bits per heavy atom. The molecule has 1 aromatic heterocycles. The molecule has 0 atom stereocenters. The largest absolute Gasteiger partial charge is 0.293 e. The summed E-state index contributed by atoms with van der Waals surface area (Å²) >= 11 is 14.6. The Morgan fingerprint density at radius 1 is 1.53 bits per heavy atom. The van der Waals surface area contributed by atoms with E-state index in [1.807, 2.05) is 0 Å². The number of aromatic nitrogens is 2. The molecule has 2 aromatic rings. The van der Waals surface area contributed by atoms with Gasteiger partial charge < -0.3 is 0 Å². The molecule has 17 heavy (non-hydrogen) atoms. The van der Waals surface area contributed by atoms with Gasteiger partial charge in [0, 0.05) is 15.0 Å². The Labute approximate surface area is 116 Å². The van der Waals surface area contributed by atoms with Crippen molar-refractivity contribution in [2.45, 2.75) is 6.54 Å². The summed E-state index contributed by atoms with van der Waals surface area (Å²) in [7, 11) is 0. The number of rotatable bonds is 2. The highest BCUT2D eigenvalue weighted by molar-refractivity contribution is 9.10. The summed E-state index contributed by atoms with van der Waals surface area (Å²) in [4.78, 5) is 16.3. The first-order valence-electron chi connectivity index (χ1n) is 4.71. The number of hydrogen-bond acceptors (Lipinski definition) is 2. The minimum atomic E-state index is -0.140. The first kappa shape index (κ1) is 12.6. The van der Waals surface area contributed by atoms with Crippen LogP contribution in [-0.4, -0.2) is 9.55 Å². The van der Waals surface area contributed by atoms with Crippen LogP contribution in [0.1, 0.15) is 0 Å². The maximum absolute atomic E-state index is 12.1. The first-order valence-corrected chi connectivity index (χ1v) is 6.32. The zero-order valence-electron chi connectivity index (χ0n) is 8.53. The van der Waals surface area contributed by atoms with Crippen molar-refractivity contribution in [1.82, 2.24) is 9.55 Å². The Kier molecular flexibility index (Phi) is 3.86. The molecule has 88 valence electrons. The van der Waals surface area contributed by atoms with Gasteiger partial charge in [-0.3, -0.25) is 9.36 Å². The van der Waals surface area contributed by atoms with Gasteiger partial charge in [-0.2, -0.15) is 0 Å². The van der Waals surface area contributed by atoms with Crippen LogP contribution in [0.5, 0.6) is 0 Å². The van der Waals surface area contributed by atoms with Gasteiger partial charge >= 0.3 is 0 Å². The van der Waals surface area contributed by atoms with Gasteiger partial charge in [0.2, 0.25) is 0 Å². The molecular weight excluding hydrogens is 327 g/mol. The predicted octanol–water partition coefficient (Wildman–Crippen LogP) is 3.48. The molecule has 6 heteroatoms. The zero-order chi connectivity index (χ0) is 12.4. The van der Waals surface area contributed by atoms with Crippen molar-refractivity contribution in [3.8, 4) is 0 Å². The van der Waals surface area contributed by atoms with Gasteiger partial charge in [-0.15, -0.1) is 0 Å². The van der Waals surface area contributed by atoms with Crippen molar-refractivity contribution >= 4 is 50.0 Å². The topological polar surface area (TPSA) is 34.9 Å². The van der Waals surface area contributed by atoms with E-state index in [1.54, 1.807) is 18.2 Å². The van der Waals surface area contributed by atoms with Gasteiger partial charge in [0.1, 0.15) is 0 Å². The van der Waals surface area contributed by atoms with Crippen LogP contribution >= 0.6 is 39.1 Å². The van der Waals surface area contributed by atoms with E-state index < -0.39 is 0 Å². The van der Waals surface area contributed by atoms with Crippen molar-refractivity contribution in [2.24, 2.45) is 0 Å². The number of fused-ring (bicyclic) bond motifs is 1. The fourth-order valence-electron chi connectivity index (χ4n) is 1.44. The molecule has 0 saturated heterocycles. The molecule has 0 saturated carbocycles. The lowest BCUT2D eigenvalue weighted by Gasteiger charge is -2.05. The maximum atomic E-state index is 12.1. The molecule has 1 heterocycles. The molecule has 0 amide bonds. The first-order chi connectivity index (χ1) is 8.11. The average Bonchev–Trinajstić information content (AvgIpc) is 2.32. The quantitative estimate of drug-likeness (QED) is 0.843. The number of nitrogens with zero attached hydrogens (tertiary/aromatic N) is 2. The van der Waals surface area contributed by atoms with Crippen LogP contribution in [-0.2, 0) is 6.54 Å². The summed E-state index contributed by atoms with van der Waals surface area (Å²) in [6.07, 6.45) is 1.46. The lowest BCUT2D eigenvalue weighted by atomic mass is 10.2. The number of allylic oxidation sites excluding steroid dienone is 1. The van der Waals surface area contributed by atoms with Gasteiger partial charge in [0.25, 0.3) is 5.56 Å². The van der Waals surface area contributed by atoms with E-state index in [-0.39, 0.29) is 12.1 Å². The summed E-state index contributed by atoms with van der Waals surface area (Å²) in [5.74, 6) is 0. The van der Waals surface area contributed by atoms with E-state index in [0.717, 1.165) is 4.47 Å². The Hall–Kier alpha value is -0.840. The molecule has 0 fully saturated rings. The fourth-order valence-corrected chi connectivity index (χ4v) is 1.99. The van der Waals surface area contributed by atoms with Gasteiger partial charge in [0.05, 0.1) is 23.8 Å². The van der Waals surface area contributed by atoms with E-state index in [9.17, 15) is 4.79 Å². The molecule has 3 nitrogen and oxygen atoms in total. The molecule has 0 unspecified atom stereocenters. The van der Waals surface area contributed by atoms with E-state index in [4.69, 9.17) is 23.2 Å². The van der Waals surface area contributed by atoms with Crippen LogP contribution in [0.25, 0.3) is 10.9 Å². The molecule has 0 aliphatic carbocycles. The van der Waals surface area contributed by atoms with Crippen LogP contribution in [0, 0.1) is 0 Å². The highest BCUT2D eigenvalue weighted by atomic mass is 79.9. The highest BCUT2D eigenvalue weighted by Crippen LogP contribution is 2.15. The average molecular weight is 334 g/mol. The monoisotopic (exact) mass is 332 g/mol. The molecule has 0 spiro atoms. The van der Waals surface area contributed by atoms with E-state index in [2.05, 4.69) is 20.9 Å². The summed E-state index contributed by atoms with van der Waals surface area (Å²) in [6, 6.07) is 5.32. The Balaban J connectivity index is 2.58. The molecular formula is C11H7BrCl2N2O. The minimum Gasteiger partial charge on any atom is -0.293 e. The van der Waals surface area contributed by atoms with E-state index >= 15 is 0 Å². The molecule has 2 rings (SSSR count). The second-order valence-electron chi connectivity index (χ2n) is 3.40. The van der Waals surface area contributed by atoms with Crippen LogP contribution in [0.3, 0.4) is 0 Å². The summed E-state index contributed by atoms with van der Waals surface area (Å²) in [5, 5.41) is 0.932. The third kappa shape index (κ3) is 2.70. The van der Waals surface area contributed by atoms with Crippen LogP contribution < -0.4 is 5.56 Å². The third-order valence-electron chi connectivity index (χ3n) is 2.23. The van der Waals surface area contributed by atoms with Crippen LogP contribution in [0.4, 0.5) is 0 Å². The van der Waals surface area contributed by atoms with Crippen LogP contribution in [0.2, 0.25) is 0 Å². The number of hydrogen-bond donors (Lipinski definition) is 0. The van der Waals surface area contributed by atoms with Gasteiger partial charge in [0.15, 0.2) is 0 Å². The molecule has 0 aliphatic rings. The lowest BCUT2D eigenvalue weighted by Crippen LogP contribution is -2.20. The third-order valence-corrected chi connectivity index (χ3v) is 3.32. The second kappa shape index (κ2) is 5.21. The van der Waals surface area contributed by atoms with Crippen molar-refractivity contribution in [1.29, 1.82) is 0 Å². The van der Waals surface area contributed by atoms with Crippen molar-refractivity contribution in [2.75, 3.05) is 0 Å². The summed E-state index contributed by atoms with van der Waals surface area (Å²) < 4.78 is 2.30. The SMILES string of the molecule is O=c1c2ccc(Br)cc2ncn1C/C(Cl)=C\Cl.